The maximum Gasteiger partial charge on any atom is 0.271 e. The number of nitrogens with zero attached hydrogens (tertiary/aromatic N) is 3. The Balaban J connectivity index is 1.69. The summed E-state index contributed by atoms with van der Waals surface area (Å²) in [7, 11) is 0. The van der Waals surface area contributed by atoms with Gasteiger partial charge in [-0.25, -0.2) is 9.97 Å². The van der Waals surface area contributed by atoms with Gasteiger partial charge in [0.15, 0.2) is 0 Å². The summed E-state index contributed by atoms with van der Waals surface area (Å²) >= 11 is 0. The van der Waals surface area contributed by atoms with E-state index in [1.807, 2.05) is 55.5 Å². The van der Waals surface area contributed by atoms with E-state index in [0.717, 1.165) is 22.2 Å². The molecule has 0 aliphatic heterocycles. The largest absolute Gasteiger partial charge is 0.336 e. The first-order valence-electron chi connectivity index (χ1n) is 8.53. The lowest BCUT2D eigenvalue weighted by molar-refractivity contribution is 1.16. The number of rotatable bonds is 4. The third-order valence-electron chi connectivity index (χ3n) is 4.05. The van der Waals surface area contributed by atoms with Crippen molar-refractivity contribution in [2.45, 2.75) is 6.92 Å². The summed E-state index contributed by atoms with van der Waals surface area (Å²) < 4.78 is 0. The number of fused-ring (bicyclic) bond motifs is 1. The van der Waals surface area contributed by atoms with Crippen LogP contribution >= 0.6 is 0 Å². The van der Waals surface area contributed by atoms with Gasteiger partial charge in [0, 0.05) is 17.1 Å². The Morgan fingerprint density at radius 1 is 1.07 bits per heavy atom. The van der Waals surface area contributed by atoms with Gasteiger partial charge in [0.25, 0.3) is 5.56 Å². The molecule has 3 aromatic heterocycles. The Morgan fingerprint density at radius 2 is 1.96 bits per heavy atom. The third-order valence-corrected chi connectivity index (χ3v) is 4.05. The van der Waals surface area contributed by atoms with Crippen LogP contribution in [-0.2, 0) is 0 Å². The summed E-state index contributed by atoms with van der Waals surface area (Å²) in [6.07, 6.45) is 8.76. The van der Waals surface area contributed by atoms with Gasteiger partial charge in [-0.2, -0.15) is 0 Å². The van der Waals surface area contributed by atoms with Crippen molar-refractivity contribution < 1.29 is 0 Å². The fraction of sp³-hybridized carbons (Fsp3) is 0.0476. The van der Waals surface area contributed by atoms with Crippen LogP contribution in [-0.4, -0.2) is 19.9 Å². The number of hydrogen-bond acceptors (Lipinski definition) is 5. The average molecular weight is 355 g/mol. The smallest absolute Gasteiger partial charge is 0.271 e. The van der Waals surface area contributed by atoms with Gasteiger partial charge in [-0.15, -0.1) is 0 Å². The van der Waals surface area contributed by atoms with Crippen molar-refractivity contribution in [2.24, 2.45) is 0 Å². The van der Waals surface area contributed by atoms with Crippen molar-refractivity contribution in [1.82, 2.24) is 19.9 Å². The number of pyridine rings is 2. The number of para-hydroxylation sites is 1. The van der Waals surface area contributed by atoms with Gasteiger partial charge < -0.3 is 10.3 Å². The predicted molar refractivity (Wildman–Crippen MR) is 108 cm³/mol. The first-order valence-corrected chi connectivity index (χ1v) is 8.53. The molecule has 4 rings (SSSR count). The van der Waals surface area contributed by atoms with Crippen LogP contribution in [0.25, 0.3) is 28.2 Å². The summed E-state index contributed by atoms with van der Waals surface area (Å²) in [5.74, 6) is 0.602. The summed E-state index contributed by atoms with van der Waals surface area (Å²) in [6, 6.07) is 13.4. The second-order valence-electron chi connectivity index (χ2n) is 5.97. The second kappa shape index (κ2) is 7.21. The van der Waals surface area contributed by atoms with Gasteiger partial charge in [0.2, 0.25) is 0 Å². The lowest BCUT2D eigenvalue weighted by atomic mass is 10.2. The Hall–Kier alpha value is -3.80. The molecule has 0 fully saturated rings. The van der Waals surface area contributed by atoms with Crippen molar-refractivity contribution in [3.63, 3.8) is 0 Å². The highest BCUT2D eigenvalue weighted by atomic mass is 16.1. The highest BCUT2D eigenvalue weighted by molar-refractivity contribution is 5.80. The van der Waals surface area contributed by atoms with Gasteiger partial charge >= 0.3 is 0 Å². The number of allylic oxidation sites excluding steroid dienone is 1. The van der Waals surface area contributed by atoms with Crippen LogP contribution in [0.3, 0.4) is 0 Å². The van der Waals surface area contributed by atoms with E-state index in [-0.39, 0.29) is 5.56 Å². The molecular formula is C21H17N5O. The molecule has 132 valence electrons. The number of benzene rings is 1. The minimum absolute atomic E-state index is 0.230. The van der Waals surface area contributed by atoms with Crippen molar-refractivity contribution >= 4 is 28.5 Å². The fourth-order valence-electron chi connectivity index (χ4n) is 2.77. The molecule has 1 aromatic carbocycles. The van der Waals surface area contributed by atoms with E-state index < -0.39 is 0 Å². The number of nitrogens with one attached hydrogen (secondary N) is 2. The van der Waals surface area contributed by atoms with Crippen LogP contribution in [0.15, 0.2) is 71.9 Å². The molecule has 0 atom stereocenters. The predicted octanol–water partition coefficient (Wildman–Crippen LogP) is 4.16. The molecule has 6 nitrogen and oxygen atoms in total. The van der Waals surface area contributed by atoms with Gasteiger partial charge in [-0.05, 0) is 37.3 Å². The number of anilines is 2. The van der Waals surface area contributed by atoms with Crippen molar-refractivity contribution in [1.29, 1.82) is 0 Å². The maximum absolute atomic E-state index is 12.2. The Kier molecular flexibility index (Phi) is 4.45. The zero-order valence-corrected chi connectivity index (χ0v) is 14.7. The van der Waals surface area contributed by atoms with Crippen LogP contribution in [0.5, 0.6) is 0 Å². The molecule has 2 N–H and O–H groups in total. The summed E-state index contributed by atoms with van der Waals surface area (Å²) in [5.41, 5.74) is 3.22. The molecule has 0 aliphatic carbocycles. The Labute approximate surface area is 155 Å². The summed E-state index contributed by atoms with van der Waals surface area (Å²) in [5, 5.41) is 4.14. The first kappa shape index (κ1) is 16.7. The van der Waals surface area contributed by atoms with Gasteiger partial charge in [-0.1, -0.05) is 24.3 Å². The van der Waals surface area contributed by atoms with Gasteiger partial charge in [0.1, 0.15) is 11.5 Å². The minimum atomic E-state index is -0.230. The lowest BCUT2D eigenvalue weighted by Crippen LogP contribution is -2.11. The maximum atomic E-state index is 12.2. The van der Waals surface area contributed by atoms with Crippen LogP contribution in [0, 0.1) is 0 Å². The molecule has 4 aromatic rings. The van der Waals surface area contributed by atoms with Crippen LogP contribution in [0.4, 0.5) is 11.5 Å². The van der Waals surface area contributed by atoms with E-state index in [4.69, 9.17) is 0 Å². The number of hydrogen-bond donors (Lipinski definition) is 2. The Morgan fingerprint density at radius 3 is 2.85 bits per heavy atom. The third kappa shape index (κ3) is 3.59. The molecule has 0 bridgehead atoms. The topological polar surface area (TPSA) is 83.6 Å². The van der Waals surface area contributed by atoms with E-state index in [2.05, 4.69) is 25.3 Å². The Bertz CT molecular complexity index is 1200. The van der Waals surface area contributed by atoms with Crippen LogP contribution in [0.1, 0.15) is 12.6 Å². The van der Waals surface area contributed by atoms with Crippen molar-refractivity contribution in [2.75, 3.05) is 5.32 Å². The van der Waals surface area contributed by atoms with E-state index in [9.17, 15) is 4.79 Å². The van der Waals surface area contributed by atoms with E-state index >= 15 is 0 Å². The second-order valence-corrected chi connectivity index (χ2v) is 5.97. The molecule has 0 unspecified atom stereocenters. The normalized spacial score (nSPS) is 11.1. The molecule has 6 heteroatoms. The quantitative estimate of drug-likeness (QED) is 0.574. The van der Waals surface area contributed by atoms with Gasteiger partial charge in [0.05, 0.1) is 29.3 Å². The molecule has 0 saturated heterocycles. The number of aromatic nitrogens is 4. The zero-order chi connectivity index (χ0) is 18.6. The summed E-state index contributed by atoms with van der Waals surface area (Å²) in [6.45, 7) is 1.92. The van der Waals surface area contributed by atoms with Crippen molar-refractivity contribution in [3.8, 4) is 11.3 Å². The summed E-state index contributed by atoms with van der Waals surface area (Å²) in [4.78, 5) is 28.3. The molecule has 3 heterocycles. The average Bonchev–Trinajstić information content (AvgIpc) is 2.70. The SMILES string of the molecule is C/C=C/c1cncc(-c2c[nH]c(=O)c(Nc3ccc4ccccc4n3)c2)n1. The molecule has 0 radical (unpaired) electrons. The monoisotopic (exact) mass is 355 g/mol. The zero-order valence-electron chi connectivity index (χ0n) is 14.7. The van der Waals surface area contributed by atoms with Crippen LogP contribution in [0.2, 0.25) is 0 Å². The molecule has 0 amide bonds. The van der Waals surface area contributed by atoms with E-state index in [1.54, 1.807) is 24.7 Å². The molecule has 27 heavy (non-hydrogen) atoms. The van der Waals surface area contributed by atoms with E-state index in [1.165, 1.54) is 0 Å². The number of H-pyrrole nitrogens is 1. The molecule has 0 aliphatic rings. The molecule has 0 saturated carbocycles. The fourth-order valence-corrected chi connectivity index (χ4v) is 2.77. The first-order chi connectivity index (χ1) is 13.2. The van der Waals surface area contributed by atoms with Crippen LogP contribution < -0.4 is 10.9 Å². The standard InChI is InChI=1S/C21H17N5O/c1-2-5-16-12-22-13-19(24-16)15-10-18(21(27)23-11-15)26-20-9-8-14-6-3-4-7-17(14)25-20/h2-13H,1H3,(H,23,27)(H,25,26)/b5-2+. The van der Waals surface area contributed by atoms with E-state index in [0.29, 0.717) is 17.2 Å². The number of aromatic amines is 1. The highest BCUT2D eigenvalue weighted by Crippen LogP contribution is 2.21. The van der Waals surface area contributed by atoms with Gasteiger partial charge in [-0.3, -0.25) is 9.78 Å². The molecular weight excluding hydrogens is 338 g/mol. The van der Waals surface area contributed by atoms with Crippen molar-refractivity contribution in [3.05, 3.63) is 83.2 Å². The minimum Gasteiger partial charge on any atom is -0.336 e. The molecule has 0 spiro atoms. The lowest BCUT2D eigenvalue weighted by Gasteiger charge is -2.08. The highest BCUT2D eigenvalue weighted by Gasteiger charge is 2.07.